The van der Waals surface area contributed by atoms with Gasteiger partial charge in [-0.2, -0.15) is 0 Å². The van der Waals surface area contributed by atoms with Crippen molar-refractivity contribution in [2.24, 2.45) is 16.7 Å². The van der Waals surface area contributed by atoms with Gasteiger partial charge in [-0.15, -0.1) is 0 Å². The maximum absolute atomic E-state index is 7.87. The van der Waals surface area contributed by atoms with Crippen LogP contribution in [-0.4, -0.2) is 11.4 Å². The Balaban J connectivity index is 2.58. The number of fused-ring (bicyclic) bond motifs is 2. The van der Waals surface area contributed by atoms with Crippen molar-refractivity contribution in [3.63, 3.8) is 0 Å². The van der Waals surface area contributed by atoms with Crippen LogP contribution in [0.3, 0.4) is 0 Å². The van der Waals surface area contributed by atoms with Crippen molar-refractivity contribution in [3.8, 4) is 0 Å². The van der Waals surface area contributed by atoms with Crippen molar-refractivity contribution in [3.05, 3.63) is 0 Å². The molecule has 2 aliphatic rings. The molecule has 2 nitrogen and oxygen atoms in total. The molecule has 0 unspecified atom stereocenters. The summed E-state index contributed by atoms with van der Waals surface area (Å²) in [6, 6.07) is 0. The number of hydrogen-bond donors (Lipinski definition) is 2. The molecule has 0 aliphatic heterocycles. The van der Waals surface area contributed by atoms with Crippen LogP contribution in [0.25, 0.3) is 0 Å². The van der Waals surface area contributed by atoms with Gasteiger partial charge in [0, 0.05) is 11.3 Å². The van der Waals surface area contributed by atoms with Gasteiger partial charge in [0.2, 0.25) is 0 Å². The summed E-state index contributed by atoms with van der Waals surface area (Å²) in [4.78, 5) is 0. The number of hydrogen-bond acceptors (Lipinski definition) is 2. The van der Waals surface area contributed by atoms with Crippen molar-refractivity contribution in [2.45, 2.75) is 33.6 Å². The standard InChI is InChI=1S/C10H16N2/c1-9(2)6-4-5-10(9,3)8(12)7(6)11/h6,11-12H,4-5H2,1-3H3/t6-,10+/m1/s1. The van der Waals surface area contributed by atoms with Gasteiger partial charge in [-0.3, -0.25) is 0 Å². The van der Waals surface area contributed by atoms with Crippen molar-refractivity contribution >= 4 is 11.4 Å². The smallest absolute Gasteiger partial charge is 0.0588 e. The maximum atomic E-state index is 7.87. The SMILES string of the molecule is CC1(C)[C@@H]2CC[C@@]1(C)C(=N)C2=N. The van der Waals surface area contributed by atoms with Crippen molar-refractivity contribution in [1.82, 2.24) is 0 Å². The minimum Gasteiger partial charge on any atom is -0.303 e. The summed E-state index contributed by atoms with van der Waals surface area (Å²) in [5.74, 6) is 0.356. The second-order valence-electron chi connectivity index (χ2n) is 4.93. The first-order valence-corrected chi connectivity index (χ1v) is 4.59. The second kappa shape index (κ2) is 1.81. The molecule has 2 fully saturated rings. The zero-order chi connectivity index (χ0) is 9.15. The number of nitrogens with one attached hydrogen (secondary N) is 2. The third-order valence-corrected chi connectivity index (χ3v) is 4.40. The molecule has 66 valence electrons. The summed E-state index contributed by atoms with van der Waals surface area (Å²) in [7, 11) is 0. The van der Waals surface area contributed by atoms with Crippen molar-refractivity contribution in [1.29, 1.82) is 10.8 Å². The number of rotatable bonds is 0. The molecule has 0 radical (unpaired) electrons. The van der Waals surface area contributed by atoms with E-state index in [-0.39, 0.29) is 10.8 Å². The molecule has 12 heavy (non-hydrogen) atoms. The molecule has 0 spiro atoms. The predicted octanol–water partition coefficient (Wildman–Crippen LogP) is 2.48. The van der Waals surface area contributed by atoms with Crippen LogP contribution in [0, 0.1) is 27.6 Å². The van der Waals surface area contributed by atoms with Crippen LogP contribution in [0.2, 0.25) is 0 Å². The van der Waals surface area contributed by atoms with E-state index >= 15 is 0 Å². The molecule has 2 rings (SSSR count). The van der Waals surface area contributed by atoms with E-state index in [9.17, 15) is 0 Å². The lowest BCUT2D eigenvalue weighted by atomic mass is 9.70. The lowest BCUT2D eigenvalue weighted by Gasteiger charge is -2.33. The summed E-state index contributed by atoms with van der Waals surface area (Å²) < 4.78 is 0. The lowest BCUT2D eigenvalue weighted by Crippen LogP contribution is -2.32. The molecule has 2 atom stereocenters. The monoisotopic (exact) mass is 164 g/mol. The van der Waals surface area contributed by atoms with Gasteiger partial charge >= 0.3 is 0 Å². The third-order valence-electron chi connectivity index (χ3n) is 4.40. The van der Waals surface area contributed by atoms with E-state index in [2.05, 4.69) is 20.8 Å². The van der Waals surface area contributed by atoms with E-state index in [0.717, 1.165) is 12.8 Å². The average molecular weight is 164 g/mol. The first kappa shape index (κ1) is 7.96. The molecule has 0 aromatic heterocycles. The van der Waals surface area contributed by atoms with Gasteiger partial charge in [0.05, 0.1) is 11.4 Å². The highest BCUT2D eigenvalue weighted by Crippen LogP contribution is 2.62. The molecule has 2 saturated carbocycles. The molecule has 2 heteroatoms. The van der Waals surface area contributed by atoms with Crippen molar-refractivity contribution in [2.75, 3.05) is 0 Å². The Labute approximate surface area is 73.4 Å². The summed E-state index contributed by atoms with van der Waals surface area (Å²) in [6.07, 6.45) is 2.22. The molecule has 0 aromatic carbocycles. The van der Waals surface area contributed by atoms with E-state index in [4.69, 9.17) is 10.8 Å². The normalized spacial score (nSPS) is 44.1. The molecule has 0 heterocycles. The highest BCUT2D eigenvalue weighted by Gasteiger charge is 2.62. The highest BCUT2D eigenvalue weighted by atomic mass is 14.7. The van der Waals surface area contributed by atoms with E-state index in [1.54, 1.807) is 0 Å². The van der Waals surface area contributed by atoms with Gasteiger partial charge in [-0.05, 0) is 18.3 Å². The van der Waals surface area contributed by atoms with E-state index < -0.39 is 0 Å². The van der Waals surface area contributed by atoms with Gasteiger partial charge in [-0.25, -0.2) is 0 Å². The van der Waals surface area contributed by atoms with E-state index in [0.29, 0.717) is 17.3 Å². The fourth-order valence-corrected chi connectivity index (χ4v) is 2.92. The highest BCUT2D eigenvalue weighted by molar-refractivity contribution is 6.45. The molecule has 0 amide bonds. The summed E-state index contributed by atoms with van der Waals surface area (Å²) in [6.45, 7) is 6.57. The van der Waals surface area contributed by atoms with Gasteiger partial charge in [0.15, 0.2) is 0 Å². The van der Waals surface area contributed by atoms with Crippen LogP contribution in [0.4, 0.5) is 0 Å². The minimum atomic E-state index is -0.00521. The van der Waals surface area contributed by atoms with Gasteiger partial charge in [0.1, 0.15) is 0 Å². The Morgan fingerprint density at radius 3 is 2.08 bits per heavy atom. The lowest BCUT2D eigenvalue weighted by molar-refractivity contribution is 0.207. The second-order valence-corrected chi connectivity index (χ2v) is 4.93. The van der Waals surface area contributed by atoms with Gasteiger partial charge in [0.25, 0.3) is 0 Å². The van der Waals surface area contributed by atoms with Gasteiger partial charge in [-0.1, -0.05) is 20.8 Å². The van der Waals surface area contributed by atoms with Crippen LogP contribution in [0.15, 0.2) is 0 Å². The minimum absolute atomic E-state index is 0.00521. The fraction of sp³-hybridized carbons (Fsp3) is 0.800. The predicted molar refractivity (Wildman–Crippen MR) is 50.1 cm³/mol. The average Bonchev–Trinajstić information content (AvgIpc) is 2.26. The summed E-state index contributed by atoms with van der Waals surface area (Å²) >= 11 is 0. The largest absolute Gasteiger partial charge is 0.303 e. The Hall–Kier alpha value is -0.660. The molecule has 0 aromatic rings. The Kier molecular flexibility index (Phi) is 1.20. The van der Waals surface area contributed by atoms with Crippen LogP contribution in [-0.2, 0) is 0 Å². The molecule has 2 aliphatic carbocycles. The van der Waals surface area contributed by atoms with E-state index in [1.807, 2.05) is 0 Å². The van der Waals surface area contributed by atoms with Crippen LogP contribution in [0.5, 0.6) is 0 Å². The maximum Gasteiger partial charge on any atom is 0.0588 e. The quantitative estimate of drug-likeness (QED) is 0.552. The molecular weight excluding hydrogens is 148 g/mol. The Morgan fingerprint density at radius 1 is 1.25 bits per heavy atom. The Bertz CT molecular complexity index is 278. The molecule has 2 bridgehead atoms. The van der Waals surface area contributed by atoms with Gasteiger partial charge < -0.3 is 10.8 Å². The first-order valence-electron chi connectivity index (χ1n) is 4.59. The zero-order valence-electron chi connectivity index (χ0n) is 7.99. The van der Waals surface area contributed by atoms with E-state index in [1.165, 1.54) is 0 Å². The summed E-state index contributed by atoms with van der Waals surface area (Å²) in [5, 5.41) is 15.7. The third kappa shape index (κ3) is 0.551. The topological polar surface area (TPSA) is 47.7 Å². The zero-order valence-corrected chi connectivity index (χ0v) is 7.99. The van der Waals surface area contributed by atoms with Crippen molar-refractivity contribution < 1.29 is 0 Å². The first-order chi connectivity index (χ1) is 5.41. The molecule has 0 saturated heterocycles. The molecule has 2 N–H and O–H groups in total. The van der Waals surface area contributed by atoms with Crippen LogP contribution >= 0.6 is 0 Å². The molecular formula is C10H16N2. The fourth-order valence-electron chi connectivity index (χ4n) is 2.92. The van der Waals surface area contributed by atoms with Crippen LogP contribution in [0.1, 0.15) is 33.6 Å². The van der Waals surface area contributed by atoms with Crippen LogP contribution < -0.4 is 0 Å². The Morgan fingerprint density at radius 2 is 1.83 bits per heavy atom. The summed E-state index contributed by atoms with van der Waals surface area (Å²) in [5.41, 5.74) is 1.35.